The maximum absolute atomic E-state index is 13.5. The normalized spacial score (nSPS) is 11.7. The summed E-state index contributed by atoms with van der Waals surface area (Å²) < 4.78 is 49.1. The molecule has 6 rings (SSSR count). The Kier molecular flexibility index (Phi) is 8.27. The Hall–Kier alpha value is -5.51. The number of para-hydroxylation sites is 1. The van der Waals surface area contributed by atoms with Crippen LogP contribution in [0, 0.1) is 0 Å². The SMILES string of the molecule is Cn1c(-c2ccccc2)c(C(=O)COC(=O)CCc2nc3cc(C(F)(F)F)ccc3n(Cc3ccccc3)c2=O)c2ccccc21. The minimum absolute atomic E-state index is 0.0201. The van der Waals surface area contributed by atoms with Gasteiger partial charge in [-0.25, -0.2) is 4.98 Å². The van der Waals surface area contributed by atoms with Crippen LogP contribution in [0.25, 0.3) is 33.2 Å². The fourth-order valence-corrected chi connectivity index (χ4v) is 5.68. The summed E-state index contributed by atoms with van der Waals surface area (Å²) in [7, 11) is 1.87. The number of ether oxygens (including phenoxy) is 1. The molecular formula is C36H28F3N3O4. The van der Waals surface area contributed by atoms with E-state index in [-0.39, 0.29) is 36.1 Å². The number of fused-ring (bicyclic) bond motifs is 2. The smallest absolute Gasteiger partial charge is 0.416 e. The van der Waals surface area contributed by atoms with Gasteiger partial charge in [0, 0.05) is 24.4 Å². The van der Waals surface area contributed by atoms with Crippen molar-refractivity contribution in [3.05, 3.63) is 136 Å². The Morgan fingerprint density at radius 3 is 2.24 bits per heavy atom. The number of aryl methyl sites for hydroxylation is 2. The number of benzene rings is 4. The van der Waals surface area contributed by atoms with Crippen molar-refractivity contribution in [2.75, 3.05) is 6.61 Å². The predicted molar refractivity (Wildman–Crippen MR) is 169 cm³/mol. The predicted octanol–water partition coefficient (Wildman–Crippen LogP) is 6.98. The minimum Gasteiger partial charge on any atom is -0.457 e. The van der Waals surface area contributed by atoms with Gasteiger partial charge in [0.05, 0.1) is 40.8 Å². The van der Waals surface area contributed by atoms with E-state index >= 15 is 0 Å². The molecule has 0 saturated heterocycles. The Labute approximate surface area is 261 Å². The van der Waals surface area contributed by atoms with Gasteiger partial charge >= 0.3 is 12.1 Å². The number of rotatable bonds is 9. The van der Waals surface area contributed by atoms with Crippen molar-refractivity contribution in [1.82, 2.24) is 14.1 Å². The maximum atomic E-state index is 13.5. The third-order valence-corrected chi connectivity index (χ3v) is 7.89. The fraction of sp³-hybridized carbons (Fsp3) is 0.167. The first-order valence-corrected chi connectivity index (χ1v) is 14.6. The molecule has 46 heavy (non-hydrogen) atoms. The van der Waals surface area contributed by atoms with Crippen LogP contribution in [-0.4, -0.2) is 32.5 Å². The van der Waals surface area contributed by atoms with Gasteiger partial charge < -0.3 is 13.9 Å². The quantitative estimate of drug-likeness (QED) is 0.128. The number of esters is 1. The largest absolute Gasteiger partial charge is 0.457 e. The van der Waals surface area contributed by atoms with E-state index in [1.165, 1.54) is 10.6 Å². The number of hydrogen-bond donors (Lipinski definition) is 0. The highest BCUT2D eigenvalue weighted by atomic mass is 19.4. The number of aromatic nitrogens is 3. The molecule has 0 radical (unpaired) electrons. The number of Topliss-reactive ketones (excluding diaryl/α,β-unsaturated/α-hetero) is 1. The number of carbonyl (C=O) groups excluding carboxylic acids is 2. The zero-order valence-corrected chi connectivity index (χ0v) is 24.8. The molecular weight excluding hydrogens is 595 g/mol. The summed E-state index contributed by atoms with van der Waals surface area (Å²) in [4.78, 5) is 44.1. The third kappa shape index (κ3) is 6.06. The van der Waals surface area contributed by atoms with E-state index in [1.54, 1.807) is 24.3 Å². The molecule has 6 aromatic rings. The fourth-order valence-electron chi connectivity index (χ4n) is 5.68. The van der Waals surface area contributed by atoms with Gasteiger partial charge in [-0.05, 0) is 35.4 Å². The van der Waals surface area contributed by atoms with Crippen LogP contribution in [0.1, 0.15) is 33.6 Å². The first kappa shape index (κ1) is 30.5. The van der Waals surface area contributed by atoms with Crippen LogP contribution in [0.4, 0.5) is 13.2 Å². The molecule has 0 atom stereocenters. The first-order chi connectivity index (χ1) is 22.1. The van der Waals surface area contributed by atoms with Gasteiger partial charge in [-0.15, -0.1) is 0 Å². The summed E-state index contributed by atoms with van der Waals surface area (Å²) in [6.07, 6.45) is -5.08. The summed E-state index contributed by atoms with van der Waals surface area (Å²) in [6.45, 7) is -0.421. The summed E-state index contributed by atoms with van der Waals surface area (Å²) >= 11 is 0. The van der Waals surface area contributed by atoms with E-state index < -0.39 is 35.7 Å². The van der Waals surface area contributed by atoms with Crippen molar-refractivity contribution >= 4 is 33.7 Å². The van der Waals surface area contributed by atoms with Crippen molar-refractivity contribution in [3.8, 4) is 11.3 Å². The monoisotopic (exact) mass is 623 g/mol. The van der Waals surface area contributed by atoms with Crippen molar-refractivity contribution in [2.45, 2.75) is 25.6 Å². The molecule has 232 valence electrons. The highest BCUT2D eigenvalue weighted by molar-refractivity contribution is 6.14. The maximum Gasteiger partial charge on any atom is 0.416 e. The molecule has 0 unspecified atom stereocenters. The van der Waals surface area contributed by atoms with Crippen molar-refractivity contribution in [2.24, 2.45) is 7.05 Å². The molecule has 0 saturated carbocycles. The van der Waals surface area contributed by atoms with Gasteiger partial charge in [0.2, 0.25) is 5.78 Å². The Morgan fingerprint density at radius 2 is 1.52 bits per heavy atom. The molecule has 0 fully saturated rings. The molecule has 2 heterocycles. The summed E-state index contributed by atoms with van der Waals surface area (Å²) in [6, 6.07) is 28.9. The van der Waals surface area contributed by atoms with Gasteiger partial charge in [-0.1, -0.05) is 78.9 Å². The first-order valence-electron chi connectivity index (χ1n) is 14.6. The van der Waals surface area contributed by atoms with E-state index in [4.69, 9.17) is 4.74 Å². The zero-order chi connectivity index (χ0) is 32.4. The second-order valence-electron chi connectivity index (χ2n) is 10.9. The van der Waals surface area contributed by atoms with Gasteiger partial charge in [0.1, 0.15) is 5.69 Å². The molecule has 10 heteroatoms. The average Bonchev–Trinajstić information content (AvgIpc) is 3.36. The number of carbonyl (C=O) groups is 2. The molecule has 4 aromatic carbocycles. The molecule has 0 aliphatic heterocycles. The number of halogens is 3. The lowest BCUT2D eigenvalue weighted by atomic mass is 10.0. The van der Waals surface area contributed by atoms with Crippen LogP contribution in [0.15, 0.2) is 108 Å². The van der Waals surface area contributed by atoms with E-state index in [0.29, 0.717) is 11.3 Å². The summed E-state index contributed by atoms with van der Waals surface area (Å²) in [5.74, 6) is -1.13. The number of ketones is 1. The molecule has 0 aliphatic rings. The lowest BCUT2D eigenvalue weighted by Gasteiger charge is -2.14. The second-order valence-corrected chi connectivity index (χ2v) is 10.9. The molecule has 0 spiro atoms. The Balaban J connectivity index is 1.24. The Bertz CT molecular complexity index is 2140. The lowest BCUT2D eigenvalue weighted by molar-refractivity contribution is -0.142. The van der Waals surface area contributed by atoms with Crippen LogP contribution in [-0.2, 0) is 35.7 Å². The number of hydrogen-bond acceptors (Lipinski definition) is 5. The highest BCUT2D eigenvalue weighted by Crippen LogP contribution is 2.34. The zero-order valence-electron chi connectivity index (χ0n) is 24.8. The van der Waals surface area contributed by atoms with Gasteiger partial charge in [0.15, 0.2) is 6.61 Å². The van der Waals surface area contributed by atoms with Crippen LogP contribution in [0.3, 0.4) is 0 Å². The van der Waals surface area contributed by atoms with Gasteiger partial charge in [-0.3, -0.25) is 14.4 Å². The average molecular weight is 624 g/mol. The van der Waals surface area contributed by atoms with E-state index in [0.717, 1.165) is 34.2 Å². The standard InChI is InChI=1S/C36H28F3N3O4/c1-41-29-15-9-8-14-26(29)33(34(41)24-12-6-3-7-13-24)31(43)22-46-32(44)19-17-27-35(45)42(21-23-10-4-2-5-11-23)30-18-16-25(36(37,38)39)20-28(30)40-27/h2-16,18,20H,17,19,21-22H2,1H3. The molecule has 0 N–H and O–H groups in total. The van der Waals surface area contributed by atoms with E-state index in [2.05, 4.69) is 4.98 Å². The van der Waals surface area contributed by atoms with Crippen LogP contribution >= 0.6 is 0 Å². The molecule has 2 aromatic heterocycles. The van der Waals surface area contributed by atoms with Crippen LogP contribution in [0.2, 0.25) is 0 Å². The highest BCUT2D eigenvalue weighted by Gasteiger charge is 2.31. The number of nitrogens with zero attached hydrogens (tertiary/aromatic N) is 3. The van der Waals surface area contributed by atoms with E-state index in [9.17, 15) is 27.6 Å². The topological polar surface area (TPSA) is 83.2 Å². The van der Waals surface area contributed by atoms with Gasteiger partial charge in [0.25, 0.3) is 5.56 Å². The summed E-state index contributed by atoms with van der Waals surface area (Å²) in [5, 5.41) is 0.724. The number of alkyl halides is 3. The Morgan fingerprint density at radius 1 is 0.848 bits per heavy atom. The molecule has 0 amide bonds. The van der Waals surface area contributed by atoms with Crippen molar-refractivity contribution in [1.29, 1.82) is 0 Å². The molecule has 7 nitrogen and oxygen atoms in total. The van der Waals surface area contributed by atoms with Crippen LogP contribution in [0.5, 0.6) is 0 Å². The van der Waals surface area contributed by atoms with Crippen molar-refractivity contribution in [3.63, 3.8) is 0 Å². The lowest BCUT2D eigenvalue weighted by Crippen LogP contribution is -2.27. The van der Waals surface area contributed by atoms with Gasteiger partial charge in [-0.2, -0.15) is 13.2 Å². The third-order valence-electron chi connectivity index (χ3n) is 7.89. The minimum atomic E-state index is -4.60. The second kappa shape index (κ2) is 12.5. The molecule has 0 aliphatic carbocycles. The van der Waals surface area contributed by atoms with E-state index in [1.807, 2.05) is 72.3 Å². The summed E-state index contributed by atoms with van der Waals surface area (Å²) in [5.41, 5.74) is 2.29. The molecule has 0 bridgehead atoms. The van der Waals surface area contributed by atoms with Crippen molar-refractivity contribution < 1.29 is 27.5 Å². The van der Waals surface area contributed by atoms with Crippen LogP contribution < -0.4 is 5.56 Å².